The van der Waals surface area contributed by atoms with Crippen LogP contribution in [0.15, 0.2) is 0 Å². The second-order valence-corrected chi connectivity index (χ2v) is 6.04. The molecule has 0 aliphatic carbocycles. The van der Waals surface area contributed by atoms with Crippen molar-refractivity contribution in [2.45, 2.75) is 77.1 Å². The molecule has 0 radical (unpaired) electrons. The van der Waals surface area contributed by atoms with E-state index >= 15 is 0 Å². The van der Waals surface area contributed by atoms with Crippen molar-refractivity contribution < 1.29 is 13.2 Å². The summed E-state index contributed by atoms with van der Waals surface area (Å²) in [6.07, 6.45) is 0.891. The molecule has 1 heterocycles. The summed E-state index contributed by atoms with van der Waals surface area (Å²) in [6, 6.07) is 0.665. The van der Waals surface area contributed by atoms with E-state index in [4.69, 9.17) is 0 Å². The molecule has 0 aromatic heterocycles. The predicted molar refractivity (Wildman–Crippen MR) is 76.9 cm³/mol. The van der Waals surface area contributed by atoms with Gasteiger partial charge >= 0.3 is 6.18 Å². The van der Waals surface area contributed by atoms with Crippen molar-refractivity contribution in [1.82, 2.24) is 10.2 Å². The van der Waals surface area contributed by atoms with E-state index in [2.05, 4.69) is 17.1 Å². The molecule has 0 saturated carbocycles. The van der Waals surface area contributed by atoms with Gasteiger partial charge in [-0.05, 0) is 58.7 Å². The number of nitrogens with one attached hydrogen (secondary N) is 1. The van der Waals surface area contributed by atoms with Crippen molar-refractivity contribution in [2.75, 3.05) is 19.6 Å². The van der Waals surface area contributed by atoms with Gasteiger partial charge in [0.05, 0.1) is 0 Å². The number of hydrogen-bond acceptors (Lipinski definition) is 2. The summed E-state index contributed by atoms with van der Waals surface area (Å²) in [4.78, 5) is 2.50. The van der Waals surface area contributed by atoms with Gasteiger partial charge in [0.2, 0.25) is 0 Å². The summed E-state index contributed by atoms with van der Waals surface area (Å²) in [5.41, 5.74) is 0. The zero-order chi connectivity index (χ0) is 15.0. The Hall–Kier alpha value is -0.290. The molecule has 1 saturated heterocycles. The average molecular weight is 294 g/mol. The standard InChI is InChI=1S/C15H29F3N2/c1-3-4-10-20-11-7-14(8-12-20)19-13(2)6-5-9-15(16,17)18/h13-14,19H,3-12H2,1-2H3. The normalized spacial score (nSPS) is 20.2. The molecule has 1 aliphatic rings. The van der Waals surface area contributed by atoms with Gasteiger partial charge in [-0.15, -0.1) is 0 Å². The number of hydrogen-bond donors (Lipinski definition) is 1. The maximum absolute atomic E-state index is 12.1. The van der Waals surface area contributed by atoms with Crippen LogP contribution in [0, 0.1) is 0 Å². The topological polar surface area (TPSA) is 15.3 Å². The summed E-state index contributed by atoms with van der Waals surface area (Å²) in [5, 5.41) is 3.49. The van der Waals surface area contributed by atoms with E-state index in [-0.39, 0.29) is 12.5 Å². The fraction of sp³-hybridized carbons (Fsp3) is 1.00. The molecule has 1 N–H and O–H groups in total. The molecule has 0 amide bonds. The summed E-state index contributed by atoms with van der Waals surface area (Å²) in [6.45, 7) is 7.63. The van der Waals surface area contributed by atoms with E-state index in [9.17, 15) is 13.2 Å². The molecule has 2 nitrogen and oxygen atoms in total. The fourth-order valence-electron chi connectivity index (χ4n) is 2.80. The molecule has 120 valence electrons. The highest BCUT2D eigenvalue weighted by Gasteiger charge is 2.26. The Labute approximate surface area is 121 Å². The highest BCUT2D eigenvalue weighted by Crippen LogP contribution is 2.23. The minimum atomic E-state index is -4.01. The van der Waals surface area contributed by atoms with Crippen LogP contribution >= 0.6 is 0 Å². The fourth-order valence-corrected chi connectivity index (χ4v) is 2.80. The highest BCUT2D eigenvalue weighted by atomic mass is 19.4. The largest absolute Gasteiger partial charge is 0.389 e. The van der Waals surface area contributed by atoms with Crippen molar-refractivity contribution in [3.8, 4) is 0 Å². The van der Waals surface area contributed by atoms with Gasteiger partial charge < -0.3 is 10.2 Å². The van der Waals surface area contributed by atoms with Gasteiger partial charge in [-0.3, -0.25) is 0 Å². The van der Waals surface area contributed by atoms with E-state index in [0.717, 1.165) is 25.9 Å². The van der Waals surface area contributed by atoms with E-state index in [1.807, 2.05) is 6.92 Å². The van der Waals surface area contributed by atoms with E-state index in [1.54, 1.807) is 0 Å². The number of nitrogens with zero attached hydrogens (tertiary/aromatic N) is 1. The number of unbranched alkanes of at least 4 members (excludes halogenated alkanes) is 1. The van der Waals surface area contributed by atoms with Gasteiger partial charge in [0.25, 0.3) is 0 Å². The Morgan fingerprint density at radius 2 is 1.85 bits per heavy atom. The summed E-state index contributed by atoms with van der Waals surface area (Å²) >= 11 is 0. The second kappa shape index (κ2) is 8.88. The molecule has 1 rings (SSSR count). The minimum Gasteiger partial charge on any atom is -0.311 e. The van der Waals surface area contributed by atoms with Crippen LogP contribution < -0.4 is 5.32 Å². The molecule has 5 heteroatoms. The zero-order valence-corrected chi connectivity index (χ0v) is 12.8. The molecule has 1 unspecified atom stereocenters. The molecule has 1 aliphatic heterocycles. The lowest BCUT2D eigenvalue weighted by Gasteiger charge is -2.34. The molecule has 0 bridgehead atoms. The molecule has 0 spiro atoms. The van der Waals surface area contributed by atoms with Crippen molar-refractivity contribution in [3.05, 3.63) is 0 Å². The van der Waals surface area contributed by atoms with Gasteiger partial charge in [-0.2, -0.15) is 13.2 Å². The van der Waals surface area contributed by atoms with E-state index in [1.165, 1.54) is 19.4 Å². The zero-order valence-electron chi connectivity index (χ0n) is 12.8. The summed E-state index contributed by atoms with van der Waals surface area (Å²) < 4.78 is 36.3. The van der Waals surface area contributed by atoms with Crippen LogP contribution in [-0.2, 0) is 0 Å². The van der Waals surface area contributed by atoms with E-state index in [0.29, 0.717) is 12.5 Å². The third kappa shape index (κ3) is 8.10. The Morgan fingerprint density at radius 1 is 1.20 bits per heavy atom. The second-order valence-electron chi connectivity index (χ2n) is 6.04. The predicted octanol–water partition coefficient (Wildman–Crippen LogP) is 3.96. The van der Waals surface area contributed by atoms with Crippen LogP contribution in [0.4, 0.5) is 13.2 Å². The highest BCUT2D eigenvalue weighted by molar-refractivity contribution is 4.79. The van der Waals surface area contributed by atoms with Gasteiger partial charge in [0, 0.05) is 18.5 Å². The Balaban J connectivity index is 2.10. The number of rotatable bonds is 8. The number of piperidine rings is 1. The van der Waals surface area contributed by atoms with Gasteiger partial charge in [-0.1, -0.05) is 13.3 Å². The Bertz CT molecular complexity index is 248. The molecule has 1 atom stereocenters. The smallest absolute Gasteiger partial charge is 0.311 e. The molecule has 20 heavy (non-hydrogen) atoms. The first-order chi connectivity index (χ1) is 9.40. The van der Waals surface area contributed by atoms with Gasteiger partial charge in [0.1, 0.15) is 0 Å². The van der Waals surface area contributed by atoms with Crippen LogP contribution in [-0.4, -0.2) is 42.8 Å². The SMILES string of the molecule is CCCCN1CCC(NC(C)CCCC(F)(F)F)CC1. The summed E-state index contributed by atoms with van der Waals surface area (Å²) in [5.74, 6) is 0. The first-order valence-electron chi connectivity index (χ1n) is 7.96. The number of likely N-dealkylation sites (tertiary alicyclic amines) is 1. The van der Waals surface area contributed by atoms with Gasteiger partial charge in [-0.25, -0.2) is 0 Å². The van der Waals surface area contributed by atoms with Gasteiger partial charge in [0.15, 0.2) is 0 Å². The monoisotopic (exact) mass is 294 g/mol. The number of alkyl halides is 3. The molecule has 0 aromatic rings. The summed E-state index contributed by atoms with van der Waals surface area (Å²) in [7, 11) is 0. The maximum Gasteiger partial charge on any atom is 0.389 e. The quantitative estimate of drug-likeness (QED) is 0.729. The van der Waals surface area contributed by atoms with Crippen molar-refractivity contribution in [1.29, 1.82) is 0 Å². The van der Waals surface area contributed by atoms with Crippen LogP contribution in [0.3, 0.4) is 0 Å². The van der Waals surface area contributed by atoms with Crippen LogP contribution in [0.2, 0.25) is 0 Å². The third-order valence-electron chi connectivity index (χ3n) is 4.03. The molecular weight excluding hydrogens is 265 g/mol. The Morgan fingerprint density at radius 3 is 2.40 bits per heavy atom. The first kappa shape index (κ1) is 17.8. The van der Waals surface area contributed by atoms with Crippen LogP contribution in [0.25, 0.3) is 0 Å². The molecular formula is C15H29F3N2. The maximum atomic E-state index is 12.1. The molecule has 1 fully saturated rings. The minimum absolute atomic E-state index is 0.185. The van der Waals surface area contributed by atoms with Crippen molar-refractivity contribution in [3.63, 3.8) is 0 Å². The lowest BCUT2D eigenvalue weighted by atomic mass is 10.0. The van der Waals surface area contributed by atoms with Crippen molar-refractivity contribution >= 4 is 0 Å². The lowest BCUT2D eigenvalue weighted by molar-refractivity contribution is -0.135. The third-order valence-corrected chi connectivity index (χ3v) is 4.03. The molecule has 0 aromatic carbocycles. The van der Waals surface area contributed by atoms with Crippen molar-refractivity contribution in [2.24, 2.45) is 0 Å². The average Bonchev–Trinajstić information content (AvgIpc) is 2.36. The first-order valence-corrected chi connectivity index (χ1v) is 7.96. The Kier molecular flexibility index (Phi) is 7.88. The van der Waals surface area contributed by atoms with Crippen LogP contribution in [0.1, 0.15) is 58.8 Å². The lowest BCUT2D eigenvalue weighted by Crippen LogP contribution is -2.45. The number of halogens is 3. The van der Waals surface area contributed by atoms with Crippen LogP contribution in [0.5, 0.6) is 0 Å². The van der Waals surface area contributed by atoms with E-state index < -0.39 is 12.6 Å².